The van der Waals surface area contributed by atoms with Gasteiger partial charge in [0.1, 0.15) is 12.7 Å². The lowest BCUT2D eigenvalue weighted by Crippen LogP contribution is -2.08. The zero-order chi connectivity index (χ0) is 12.3. The van der Waals surface area contributed by atoms with E-state index in [0.29, 0.717) is 0 Å². The van der Waals surface area contributed by atoms with Crippen LogP contribution in [0.1, 0.15) is 11.1 Å². The maximum absolute atomic E-state index is 12.6. The Morgan fingerprint density at radius 2 is 1.76 bits per heavy atom. The minimum Gasteiger partial charge on any atom is -0.208 e. The smallest absolute Gasteiger partial charge is 0.208 e. The molecule has 1 aromatic carbocycles. The Labute approximate surface area is 94.4 Å². The van der Waals surface area contributed by atoms with Crippen molar-refractivity contribution in [2.75, 3.05) is 0 Å². The van der Waals surface area contributed by atoms with Gasteiger partial charge in [0.15, 0.2) is 0 Å². The Morgan fingerprint density at radius 1 is 1.12 bits per heavy atom. The van der Waals surface area contributed by atoms with Crippen LogP contribution < -0.4 is 0 Å². The fraction of sp³-hybridized carbons (Fsp3) is 0.100. The lowest BCUT2D eigenvalue weighted by atomic mass is 10.1. The van der Waals surface area contributed by atoms with E-state index >= 15 is 0 Å². The highest BCUT2D eigenvalue weighted by Gasteiger charge is 2.32. The van der Waals surface area contributed by atoms with E-state index < -0.39 is 11.7 Å². The van der Waals surface area contributed by atoms with Crippen molar-refractivity contribution in [1.29, 1.82) is 0 Å². The zero-order valence-corrected chi connectivity index (χ0v) is 8.46. The van der Waals surface area contributed by atoms with Crippen LogP contribution in [-0.2, 0) is 6.18 Å². The van der Waals surface area contributed by atoms with Crippen molar-refractivity contribution in [2.45, 2.75) is 6.18 Å². The maximum Gasteiger partial charge on any atom is 0.417 e. The summed E-state index contributed by atoms with van der Waals surface area (Å²) in [4.78, 5) is 0. The summed E-state index contributed by atoms with van der Waals surface area (Å²) in [5.74, 6) is 0. The Balaban J connectivity index is 2.33. The van der Waals surface area contributed by atoms with Crippen LogP contribution in [0.2, 0.25) is 0 Å². The highest BCUT2D eigenvalue weighted by atomic mass is 19.4. The molecular formula is C10H7F3N4. The van der Waals surface area contributed by atoms with Gasteiger partial charge >= 0.3 is 6.18 Å². The quantitative estimate of drug-likeness (QED) is 0.755. The van der Waals surface area contributed by atoms with Crippen LogP contribution >= 0.6 is 0 Å². The Bertz CT molecular complexity index is 517. The van der Waals surface area contributed by atoms with Gasteiger partial charge in [-0.3, -0.25) is 0 Å². The Hall–Kier alpha value is -2.18. The van der Waals surface area contributed by atoms with E-state index in [1.54, 1.807) is 0 Å². The third kappa shape index (κ3) is 2.68. The van der Waals surface area contributed by atoms with Crippen LogP contribution in [0.5, 0.6) is 0 Å². The molecule has 0 aliphatic rings. The third-order valence-corrected chi connectivity index (χ3v) is 2.00. The van der Waals surface area contributed by atoms with Gasteiger partial charge in [-0.15, -0.1) is 10.2 Å². The van der Waals surface area contributed by atoms with Crippen LogP contribution in [0.3, 0.4) is 0 Å². The first-order valence-electron chi connectivity index (χ1n) is 4.62. The number of aromatic nitrogens is 3. The molecule has 0 saturated heterocycles. The monoisotopic (exact) mass is 240 g/mol. The summed E-state index contributed by atoms with van der Waals surface area (Å²) in [5.41, 5.74) is -0.731. The van der Waals surface area contributed by atoms with Gasteiger partial charge < -0.3 is 0 Å². The topological polar surface area (TPSA) is 43.1 Å². The molecule has 7 heteroatoms. The number of benzene rings is 1. The number of hydrogen-bond donors (Lipinski definition) is 0. The van der Waals surface area contributed by atoms with Gasteiger partial charge in [-0.05, 0) is 6.07 Å². The van der Waals surface area contributed by atoms with E-state index in [4.69, 9.17) is 0 Å². The van der Waals surface area contributed by atoms with Gasteiger partial charge in [0.2, 0.25) is 0 Å². The van der Waals surface area contributed by atoms with Crippen molar-refractivity contribution in [3.63, 3.8) is 0 Å². The summed E-state index contributed by atoms with van der Waals surface area (Å²) in [7, 11) is 0. The van der Waals surface area contributed by atoms with Crippen molar-refractivity contribution < 1.29 is 13.2 Å². The molecule has 1 aromatic heterocycles. The number of alkyl halides is 3. The average Bonchev–Trinajstić information content (AvgIpc) is 2.78. The van der Waals surface area contributed by atoms with Gasteiger partial charge in [0.05, 0.1) is 11.8 Å². The van der Waals surface area contributed by atoms with Gasteiger partial charge in [-0.25, -0.2) is 4.68 Å². The highest BCUT2D eigenvalue weighted by molar-refractivity contribution is 5.81. The molecule has 0 aliphatic heterocycles. The first-order valence-corrected chi connectivity index (χ1v) is 4.62. The molecule has 0 bridgehead atoms. The normalized spacial score (nSPS) is 12.2. The van der Waals surface area contributed by atoms with Crippen molar-refractivity contribution in [1.82, 2.24) is 14.9 Å². The molecule has 0 radical (unpaired) electrons. The summed E-state index contributed by atoms with van der Waals surface area (Å²) < 4.78 is 39.1. The summed E-state index contributed by atoms with van der Waals surface area (Å²) in [6.45, 7) is 0. The van der Waals surface area contributed by atoms with Crippen LogP contribution in [0.15, 0.2) is 42.0 Å². The average molecular weight is 240 g/mol. The molecule has 0 unspecified atom stereocenters. The molecule has 1 heterocycles. The second-order valence-electron chi connectivity index (χ2n) is 3.17. The Morgan fingerprint density at radius 3 is 2.41 bits per heavy atom. The van der Waals surface area contributed by atoms with Crippen molar-refractivity contribution in [3.8, 4) is 0 Å². The van der Waals surface area contributed by atoms with Gasteiger partial charge in [0.25, 0.3) is 0 Å². The van der Waals surface area contributed by atoms with Gasteiger partial charge in [-0.2, -0.15) is 18.3 Å². The molecule has 4 nitrogen and oxygen atoms in total. The summed E-state index contributed by atoms with van der Waals surface area (Å²) in [6, 6.07) is 5.20. The molecule has 17 heavy (non-hydrogen) atoms. The van der Waals surface area contributed by atoms with Crippen LogP contribution in [0.4, 0.5) is 13.2 Å². The molecule has 0 amide bonds. The van der Waals surface area contributed by atoms with E-state index in [1.165, 1.54) is 35.5 Å². The molecule has 0 spiro atoms. The first kappa shape index (κ1) is 11.3. The molecule has 88 valence electrons. The fourth-order valence-electron chi connectivity index (χ4n) is 1.25. The lowest BCUT2D eigenvalue weighted by molar-refractivity contribution is -0.137. The number of nitrogens with zero attached hydrogens (tertiary/aromatic N) is 4. The van der Waals surface area contributed by atoms with E-state index in [2.05, 4.69) is 15.3 Å². The van der Waals surface area contributed by atoms with Crippen LogP contribution in [0.25, 0.3) is 0 Å². The first-order chi connectivity index (χ1) is 8.07. The minimum absolute atomic E-state index is 0.00583. The largest absolute Gasteiger partial charge is 0.417 e. The van der Waals surface area contributed by atoms with E-state index in [0.717, 1.165) is 12.3 Å². The second kappa shape index (κ2) is 4.36. The molecule has 0 atom stereocenters. The van der Waals surface area contributed by atoms with Crippen LogP contribution in [0, 0.1) is 0 Å². The van der Waals surface area contributed by atoms with Crippen LogP contribution in [-0.4, -0.2) is 21.1 Å². The lowest BCUT2D eigenvalue weighted by Gasteiger charge is -2.08. The van der Waals surface area contributed by atoms with Crippen molar-refractivity contribution >= 4 is 6.21 Å². The van der Waals surface area contributed by atoms with Crippen molar-refractivity contribution in [3.05, 3.63) is 48.0 Å². The summed E-state index contributed by atoms with van der Waals surface area (Å²) in [5, 5.41) is 10.7. The molecule has 0 saturated carbocycles. The Kier molecular flexibility index (Phi) is 2.90. The second-order valence-corrected chi connectivity index (χ2v) is 3.17. The molecule has 0 N–H and O–H groups in total. The van der Waals surface area contributed by atoms with E-state index in [1.807, 2.05) is 0 Å². The predicted molar refractivity (Wildman–Crippen MR) is 54.5 cm³/mol. The number of hydrogen-bond acceptors (Lipinski definition) is 3. The fourth-order valence-corrected chi connectivity index (χ4v) is 1.25. The SMILES string of the molecule is FC(F)(F)c1ccccc1/C=N/n1cnnc1. The summed E-state index contributed by atoms with van der Waals surface area (Å²) >= 11 is 0. The predicted octanol–water partition coefficient (Wildman–Crippen LogP) is 2.18. The standard InChI is InChI=1S/C10H7F3N4/c11-10(12,13)9-4-2-1-3-8(9)5-16-17-6-14-15-7-17/h1-7H/b16-5+. The molecule has 2 aromatic rings. The van der Waals surface area contributed by atoms with Crippen molar-refractivity contribution in [2.24, 2.45) is 5.10 Å². The summed E-state index contributed by atoms with van der Waals surface area (Å²) in [6.07, 6.45) is -0.707. The van der Waals surface area contributed by atoms with Gasteiger partial charge in [-0.1, -0.05) is 18.2 Å². The number of rotatable bonds is 2. The van der Waals surface area contributed by atoms with E-state index in [9.17, 15) is 13.2 Å². The third-order valence-electron chi connectivity index (χ3n) is 2.00. The van der Waals surface area contributed by atoms with Gasteiger partial charge in [0, 0.05) is 5.56 Å². The highest BCUT2D eigenvalue weighted by Crippen LogP contribution is 2.31. The number of halogens is 3. The molecule has 0 fully saturated rings. The zero-order valence-electron chi connectivity index (χ0n) is 8.46. The molecular weight excluding hydrogens is 233 g/mol. The maximum atomic E-state index is 12.6. The van der Waals surface area contributed by atoms with E-state index in [-0.39, 0.29) is 5.56 Å². The minimum atomic E-state index is -4.39. The molecule has 2 rings (SSSR count). The molecule has 0 aliphatic carbocycles.